The summed E-state index contributed by atoms with van der Waals surface area (Å²) in [6.07, 6.45) is 0. The minimum Gasteiger partial charge on any atom is -0.305 e. The van der Waals surface area contributed by atoms with Gasteiger partial charge in [0, 0.05) is 5.71 Å². The molecule has 0 spiro atoms. The van der Waals surface area contributed by atoms with Crippen LogP contribution in [0.3, 0.4) is 0 Å². The number of anilines is 1. The molecule has 0 fully saturated rings. The first-order valence-corrected chi connectivity index (χ1v) is 4.80. The first-order valence-electron chi connectivity index (χ1n) is 4.42. The second-order valence-corrected chi connectivity index (χ2v) is 3.51. The van der Waals surface area contributed by atoms with Gasteiger partial charge in [0.05, 0.1) is 10.7 Å². The third kappa shape index (κ3) is 3.99. The van der Waals surface area contributed by atoms with E-state index in [9.17, 15) is 4.79 Å². The van der Waals surface area contributed by atoms with Crippen molar-refractivity contribution >= 4 is 29.0 Å². The number of rotatable bonds is 2. The largest absolute Gasteiger partial charge is 0.339 e. The van der Waals surface area contributed by atoms with Crippen molar-refractivity contribution in [2.75, 3.05) is 5.32 Å². The van der Waals surface area contributed by atoms with Crippen LogP contribution < -0.4 is 10.7 Å². The Labute approximate surface area is 93.3 Å². The van der Waals surface area contributed by atoms with Crippen LogP contribution in [0.5, 0.6) is 0 Å². The summed E-state index contributed by atoms with van der Waals surface area (Å²) in [6, 6.07) is 6.58. The van der Waals surface area contributed by atoms with Crippen molar-refractivity contribution in [3.8, 4) is 0 Å². The lowest BCUT2D eigenvalue weighted by Crippen LogP contribution is -2.24. The number of nitrogens with zero attached hydrogens (tertiary/aromatic N) is 1. The zero-order valence-corrected chi connectivity index (χ0v) is 9.30. The molecule has 2 N–H and O–H groups in total. The molecule has 1 aromatic rings. The monoisotopic (exact) mass is 225 g/mol. The number of urea groups is 1. The highest BCUT2D eigenvalue weighted by Crippen LogP contribution is 2.19. The fraction of sp³-hybridized carbons (Fsp3) is 0.200. The molecule has 0 unspecified atom stereocenters. The molecule has 2 amide bonds. The molecule has 0 aliphatic rings. The number of carbonyl (C=O) groups is 1. The predicted octanol–water partition coefficient (Wildman–Crippen LogP) is 2.86. The van der Waals surface area contributed by atoms with E-state index in [1.807, 2.05) is 0 Å². The number of nitrogens with one attached hydrogen (secondary N) is 2. The number of carbonyl (C=O) groups excluding carboxylic acids is 1. The zero-order chi connectivity index (χ0) is 11.3. The van der Waals surface area contributed by atoms with Crippen molar-refractivity contribution in [3.63, 3.8) is 0 Å². The summed E-state index contributed by atoms with van der Waals surface area (Å²) >= 11 is 5.85. The summed E-state index contributed by atoms with van der Waals surface area (Å²) in [6.45, 7) is 3.57. The summed E-state index contributed by atoms with van der Waals surface area (Å²) in [5, 5.41) is 6.83. The van der Waals surface area contributed by atoms with Gasteiger partial charge in [-0.3, -0.25) is 0 Å². The Bertz CT molecular complexity index is 386. The van der Waals surface area contributed by atoms with Gasteiger partial charge in [0.15, 0.2) is 0 Å². The number of hydrazone groups is 1. The van der Waals surface area contributed by atoms with Crippen LogP contribution in [0.1, 0.15) is 13.8 Å². The van der Waals surface area contributed by atoms with Gasteiger partial charge in [0.25, 0.3) is 0 Å². The third-order valence-corrected chi connectivity index (χ3v) is 1.83. The number of hydrogen-bond acceptors (Lipinski definition) is 2. The minimum absolute atomic E-state index is 0.413. The van der Waals surface area contributed by atoms with Gasteiger partial charge in [0.1, 0.15) is 0 Å². The van der Waals surface area contributed by atoms with Crippen LogP contribution in [0, 0.1) is 0 Å². The second kappa shape index (κ2) is 5.36. The molecular formula is C10H12ClN3O. The lowest BCUT2D eigenvalue weighted by atomic mass is 10.3. The zero-order valence-electron chi connectivity index (χ0n) is 8.54. The lowest BCUT2D eigenvalue weighted by molar-refractivity contribution is 0.252. The molecular weight excluding hydrogens is 214 g/mol. The second-order valence-electron chi connectivity index (χ2n) is 3.10. The van der Waals surface area contributed by atoms with Gasteiger partial charge in [-0.05, 0) is 26.0 Å². The third-order valence-electron chi connectivity index (χ3n) is 1.50. The summed E-state index contributed by atoms with van der Waals surface area (Å²) in [7, 11) is 0. The van der Waals surface area contributed by atoms with E-state index in [4.69, 9.17) is 11.6 Å². The van der Waals surface area contributed by atoms with Crippen molar-refractivity contribution in [2.45, 2.75) is 13.8 Å². The Kier molecular flexibility index (Phi) is 4.12. The summed E-state index contributed by atoms with van der Waals surface area (Å²) < 4.78 is 0. The van der Waals surface area contributed by atoms with Crippen molar-refractivity contribution in [2.24, 2.45) is 5.10 Å². The van der Waals surface area contributed by atoms with E-state index in [0.29, 0.717) is 10.7 Å². The first kappa shape index (κ1) is 11.5. The van der Waals surface area contributed by atoms with E-state index >= 15 is 0 Å². The maximum absolute atomic E-state index is 11.3. The molecule has 0 saturated heterocycles. The van der Waals surface area contributed by atoms with Crippen molar-refractivity contribution in [1.82, 2.24) is 5.43 Å². The van der Waals surface area contributed by atoms with E-state index in [-0.39, 0.29) is 0 Å². The Morgan fingerprint density at radius 2 is 2.00 bits per heavy atom. The molecule has 1 rings (SSSR count). The van der Waals surface area contributed by atoms with Crippen LogP contribution in [0.25, 0.3) is 0 Å². The predicted molar refractivity (Wildman–Crippen MR) is 62.4 cm³/mol. The van der Waals surface area contributed by atoms with E-state index in [1.165, 1.54) is 0 Å². The molecule has 0 aliphatic heterocycles. The van der Waals surface area contributed by atoms with E-state index in [1.54, 1.807) is 38.1 Å². The average molecular weight is 226 g/mol. The van der Waals surface area contributed by atoms with E-state index in [2.05, 4.69) is 15.8 Å². The lowest BCUT2D eigenvalue weighted by Gasteiger charge is -2.05. The summed E-state index contributed by atoms with van der Waals surface area (Å²) in [5.74, 6) is 0. The maximum atomic E-state index is 11.3. The van der Waals surface area contributed by atoms with Gasteiger partial charge >= 0.3 is 6.03 Å². The number of benzene rings is 1. The van der Waals surface area contributed by atoms with Gasteiger partial charge in [0.2, 0.25) is 0 Å². The Hall–Kier alpha value is -1.55. The molecule has 5 heteroatoms. The number of halogens is 1. The molecule has 0 saturated carbocycles. The highest BCUT2D eigenvalue weighted by molar-refractivity contribution is 6.33. The molecule has 0 radical (unpaired) electrons. The van der Waals surface area contributed by atoms with Crippen LogP contribution in [0.2, 0.25) is 5.02 Å². The fourth-order valence-corrected chi connectivity index (χ4v) is 1.06. The molecule has 80 valence electrons. The van der Waals surface area contributed by atoms with Crippen molar-refractivity contribution < 1.29 is 4.79 Å². The standard InChI is InChI=1S/C10H12ClN3O/c1-7(2)13-14-10(15)12-9-6-4-3-5-8(9)11/h3-6H,1-2H3,(H2,12,14,15). The Balaban J connectivity index is 2.59. The quantitative estimate of drug-likeness (QED) is 0.590. The number of para-hydroxylation sites is 1. The average Bonchev–Trinajstić information content (AvgIpc) is 2.18. The van der Waals surface area contributed by atoms with Crippen molar-refractivity contribution in [3.05, 3.63) is 29.3 Å². The number of hydrogen-bond donors (Lipinski definition) is 2. The fourth-order valence-electron chi connectivity index (χ4n) is 0.875. The minimum atomic E-state index is -0.413. The van der Waals surface area contributed by atoms with E-state index < -0.39 is 6.03 Å². The highest BCUT2D eigenvalue weighted by Gasteiger charge is 2.02. The molecule has 0 aromatic heterocycles. The van der Waals surface area contributed by atoms with Gasteiger partial charge in [-0.25, -0.2) is 10.2 Å². The first-order chi connectivity index (χ1) is 7.09. The summed E-state index contributed by atoms with van der Waals surface area (Å²) in [4.78, 5) is 11.3. The molecule has 15 heavy (non-hydrogen) atoms. The molecule has 1 aromatic carbocycles. The van der Waals surface area contributed by atoms with Crippen LogP contribution in [0.15, 0.2) is 29.4 Å². The smallest absolute Gasteiger partial charge is 0.305 e. The molecule has 0 bridgehead atoms. The van der Waals surface area contributed by atoms with Crippen LogP contribution >= 0.6 is 11.6 Å². The topological polar surface area (TPSA) is 53.5 Å². The van der Waals surface area contributed by atoms with Gasteiger partial charge in [-0.2, -0.15) is 5.10 Å². The van der Waals surface area contributed by atoms with Crippen LogP contribution in [-0.2, 0) is 0 Å². The van der Waals surface area contributed by atoms with Gasteiger partial charge < -0.3 is 5.32 Å². The number of amides is 2. The molecule has 0 aliphatic carbocycles. The molecule has 0 atom stereocenters. The maximum Gasteiger partial charge on any atom is 0.339 e. The normalized spacial score (nSPS) is 9.27. The molecule has 4 nitrogen and oxygen atoms in total. The van der Waals surface area contributed by atoms with Crippen molar-refractivity contribution in [1.29, 1.82) is 0 Å². The van der Waals surface area contributed by atoms with Gasteiger partial charge in [-0.15, -0.1) is 0 Å². The van der Waals surface area contributed by atoms with Crippen LogP contribution in [0.4, 0.5) is 10.5 Å². The Morgan fingerprint density at radius 1 is 1.33 bits per heavy atom. The van der Waals surface area contributed by atoms with E-state index in [0.717, 1.165) is 5.71 Å². The highest BCUT2D eigenvalue weighted by atomic mass is 35.5. The van der Waals surface area contributed by atoms with Gasteiger partial charge in [-0.1, -0.05) is 23.7 Å². The molecule has 0 heterocycles. The Morgan fingerprint density at radius 3 is 2.60 bits per heavy atom. The summed E-state index contributed by atoms with van der Waals surface area (Å²) in [5.41, 5.74) is 3.66. The van der Waals surface area contributed by atoms with Crippen LogP contribution in [-0.4, -0.2) is 11.7 Å². The SMILES string of the molecule is CC(C)=NNC(=O)Nc1ccccc1Cl.